The molecule has 1 aliphatic rings. The van der Waals surface area contributed by atoms with E-state index >= 15 is 0 Å². The zero-order valence-electron chi connectivity index (χ0n) is 12.4. The van der Waals surface area contributed by atoms with Gasteiger partial charge in [0.1, 0.15) is 5.82 Å². The molecule has 2 nitrogen and oxygen atoms in total. The SMILES string of the molecule is CC(C)C(=O)N1CCC[C@@H](CCc2cccc(F)c2)C1. The highest BCUT2D eigenvalue weighted by Crippen LogP contribution is 2.23. The largest absolute Gasteiger partial charge is 0.342 e. The molecule has 0 saturated carbocycles. The molecule has 1 fully saturated rings. The smallest absolute Gasteiger partial charge is 0.225 e. The van der Waals surface area contributed by atoms with Crippen molar-refractivity contribution in [1.82, 2.24) is 4.90 Å². The maximum atomic E-state index is 13.1. The van der Waals surface area contributed by atoms with Crippen LogP contribution in [0.2, 0.25) is 0 Å². The molecule has 0 spiro atoms. The van der Waals surface area contributed by atoms with Crippen LogP contribution in [0.1, 0.15) is 38.7 Å². The molecule has 110 valence electrons. The third-order valence-electron chi connectivity index (χ3n) is 4.05. The lowest BCUT2D eigenvalue weighted by molar-refractivity contribution is -0.136. The zero-order chi connectivity index (χ0) is 14.5. The number of rotatable bonds is 4. The molecule has 3 heteroatoms. The maximum Gasteiger partial charge on any atom is 0.225 e. The molecule has 0 N–H and O–H groups in total. The first-order valence-electron chi connectivity index (χ1n) is 7.59. The Morgan fingerprint density at radius 3 is 2.95 bits per heavy atom. The summed E-state index contributed by atoms with van der Waals surface area (Å²) in [5.74, 6) is 0.731. The highest BCUT2D eigenvalue weighted by molar-refractivity contribution is 5.78. The summed E-state index contributed by atoms with van der Waals surface area (Å²) in [6.45, 7) is 5.68. The monoisotopic (exact) mass is 277 g/mol. The minimum Gasteiger partial charge on any atom is -0.342 e. The molecule has 0 bridgehead atoms. The van der Waals surface area contributed by atoms with Crippen molar-refractivity contribution in [2.24, 2.45) is 11.8 Å². The van der Waals surface area contributed by atoms with Crippen LogP contribution in [0.5, 0.6) is 0 Å². The first kappa shape index (κ1) is 15.0. The number of carbonyl (C=O) groups is 1. The number of benzene rings is 1. The van der Waals surface area contributed by atoms with E-state index in [4.69, 9.17) is 0 Å². The molecule has 0 aromatic heterocycles. The molecule has 1 aromatic carbocycles. The van der Waals surface area contributed by atoms with Crippen molar-refractivity contribution in [3.05, 3.63) is 35.6 Å². The van der Waals surface area contributed by atoms with E-state index in [9.17, 15) is 9.18 Å². The number of likely N-dealkylation sites (tertiary alicyclic amines) is 1. The number of carbonyl (C=O) groups excluding carboxylic acids is 1. The van der Waals surface area contributed by atoms with Crippen LogP contribution in [-0.4, -0.2) is 23.9 Å². The molecular weight excluding hydrogens is 253 g/mol. The number of piperidine rings is 1. The van der Waals surface area contributed by atoms with Gasteiger partial charge < -0.3 is 4.90 Å². The molecule has 0 unspecified atom stereocenters. The van der Waals surface area contributed by atoms with Crippen LogP contribution < -0.4 is 0 Å². The molecule has 1 heterocycles. The minimum absolute atomic E-state index is 0.0805. The molecule has 2 rings (SSSR count). The maximum absolute atomic E-state index is 13.1. The lowest BCUT2D eigenvalue weighted by atomic mass is 9.91. The summed E-state index contributed by atoms with van der Waals surface area (Å²) in [6.07, 6.45) is 4.20. The lowest BCUT2D eigenvalue weighted by Gasteiger charge is -2.34. The van der Waals surface area contributed by atoms with Crippen molar-refractivity contribution in [3.63, 3.8) is 0 Å². The Hall–Kier alpha value is -1.38. The van der Waals surface area contributed by atoms with Gasteiger partial charge in [0.25, 0.3) is 0 Å². The Morgan fingerprint density at radius 1 is 1.45 bits per heavy atom. The van der Waals surface area contributed by atoms with Gasteiger partial charge in [-0.15, -0.1) is 0 Å². The Bertz CT molecular complexity index is 458. The van der Waals surface area contributed by atoms with E-state index in [-0.39, 0.29) is 17.6 Å². The number of hydrogen-bond acceptors (Lipinski definition) is 1. The van der Waals surface area contributed by atoms with Gasteiger partial charge in [-0.3, -0.25) is 4.79 Å². The van der Waals surface area contributed by atoms with Crippen LogP contribution in [0.15, 0.2) is 24.3 Å². The van der Waals surface area contributed by atoms with E-state index in [1.165, 1.54) is 12.5 Å². The summed E-state index contributed by atoms with van der Waals surface area (Å²) in [5.41, 5.74) is 1.05. The van der Waals surface area contributed by atoms with Gasteiger partial charge in [0.05, 0.1) is 0 Å². The Morgan fingerprint density at radius 2 is 2.25 bits per heavy atom. The van der Waals surface area contributed by atoms with E-state index < -0.39 is 0 Å². The van der Waals surface area contributed by atoms with Crippen molar-refractivity contribution in [1.29, 1.82) is 0 Å². The van der Waals surface area contributed by atoms with E-state index in [0.717, 1.165) is 37.9 Å². The summed E-state index contributed by atoms with van der Waals surface area (Å²) in [4.78, 5) is 14.0. The van der Waals surface area contributed by atoms with Crippen LogP contribution in [0.4, 0.5) is 4.39 Å². The Kier molecular flexibility index (Phi) is 5.16. The molecule has 20 heavy (non-hydrogen) atoms. The van der Waals surface area contributed by atoms with E-state index in [1.807, 2.05) is 24.8 Å². The van der Waals surface area contributed by atoms with Gasteiger partial charge in [-0.05, 0) is 49.3 Å². The van der Waals surface area contributed by atoms with Gasteiger partial charge in [0, 0.05) is 19.0 Å². The average Bonchev–Trinajstić information content (AvgIpc) is 2.44. The Balaban J connectivity index is 1.85. The third kappa shape index (κ3) is 4.06. The summed E-state index contributed by atoms with van der Waals surface area (Å²) >= 11 is 0. The van der Waals surface area contributed by atoms with Crippen molar-refractivity contribution in [3.8, 4) is 0 Å². The quantitative estimate of drug-likeness (QED) is 0.822. The normalized spacial score (nSPS) is 19.4. The van der Waals surface area contributed by atoms with Crippen LogP contribution in [0.3, 0.4) is 0 Å². The number of nitrogens with zero attached hydrogens (tertiary/aromatic N) is 1. The first-order chi connectivity index (χ1) is 9.56. The predicted molar refractivity (Wildman–Crippen MR) is 78.9 cm³/mol. The number of aryl methyl sites for hydroxylation is 1. The van der Waals surface area contributed by atoms with Gasteiger partial charge in [0.15, 0.2) is 0 Å². The third-order valence-corrected chi connectivity index (χ3v) is 4.05. The van der Waals surface area contributed by atoms with Crippen molar-refractivity contribution >= 4 is 5.91 Å². The van der Waals surface area contributed by atoms with Crippen LogP contribution >= 0.6 is 0 Å². The standard InChI is InChI=1S/C17H24FNO/c1-13(2)17(20)19-10-4-6-15(12-19)9-8-14-5-3-7-16(18)11-14/h3,5,7,11,13,15H,4,6,8-10,12H2,1-2H3/t15-/m0/s1. The highest BCUT2D eigenvalue weighted by Gasteiger charge is 2.24. The van der Waals surface area contributed by atoms with Crippen molar-refractivity contribution < 1.29 is 9.18 Å². The molecule has 0 radical (unpaired) electrons. The molecule has 1 atom stereocenters. The number of amides is 1. The molecule has 1 amide bonds. The average molecular weight is 277 g/mol. The van der Waals surface area contributed by atoms with Crippen LogP contribution in [-0.2, 0) is 11.2 Å². The van der Waals surface area contributed by atoms with Crippen molar-refractivity contribution in [2.75, 3.05) is 13.1 Å². The molecule has 1 saturated heterocycles. The van der Waals surface area contributed by atoms with Gasteiger partial charge in [-0.1, -0.05) is 26.0 Å². The zero-order valence-corrected chi connectivity index (χ0v) is 12.4. The van der Waals surface area contributed by atoms with Crippen LogP contribution in [0, 0.1) is 17.7 Å². The molecule has 0 aliphatic carbocycles. The number of halogens is 1. The summed E-state index contributed by atoms with van der Waals surface area (Å²) in [7, 11) is 0. The fourth-order valence-corrected chi connectivity index (χ4v) is 2.93. The van der Waals surface area contributed by atoms with Gasteiger partial charge in [-0.25, -0.2) is 4.39 Å². The van der Waals surface area contributed by atoms with Crippen molar-refractivity contribution in [2.45, 2.75) is 39.5 Å². The summed E-state index contributed by atoms with van der Waals surface area (Å²) in [5, 5.41) is 0. The fraction of sp³-hybridized carbons (Fsp3) is 0.588. The lowest BCUT2D eigenvalue weighted by Crippen LogP contribution is -2.42. The van der Waals surface area contributed by atoms with Crippen LogP contribution in [0.25, 0.3) is 0 Å². The number of hydrogen-bond donors (Lipinski definition) is 0. The second-order valence-corrected chi connectivity index (χ2v) is 6.12. The van der Waals surface area contributed by atoms with Gasteiger partial charge in [-0.2, -0.15) is 0 Å². The summed E-state index contributed by atoms with van der Waals surface area (Å²) < 4.78 is 13.1. The topological polar surface area (TPSA) is 20.3 Å². The minimum atomic E-state index is -0.164. The van der Waals surface area contributed by atoms with E-state index in [2.05, 4.69) is 0 Å². The Labute approximate surface area is 121 Å². The van der Waals surface area contributed by atoms with E-state index in [1.54, 1.807) is 12.1 Å². The molecule has 1 aromatic rings. The second-order valence-electron chi connectivity index (χ2n) is 6.12. The predicted octanol–water partition coefficient (Wildman–Crippen LogP) is 3.65. The van der Waals surface area contributed by atoms with Gasteiger partial charge >= 0.3 is 0 Å². The fourth-order valence-electron chi connectivity index (χ4n) is 2.93. The highest BCUT2D eigenvalue weighted by atomic mass is 19.1. The second kappa shape index (κ2) is 6.87. The van der Waals surface area contributed by atoms with E-state index in [0.29, 0.717) is 5.92 Å². The molecular formula is C17H24FNO. The van der Waals surface area contributed by atoms with Gasteiger partial charge in [0.2, 0.25) is 5.91 Å². The molecule has 1 aliphatic heterocycles. The summed E-state index contributed by atoms with van der Waals surface area (Å²) in [6, 6.07) is 6.83. The first-order valence-corrected chi connectivity index (χ1v) is 7.59.